The average Bonchev–Trinajstić information content (AvgIpc) is 3.00. The van der Waals surface area contributed by atoms with Crippen LogP contribution in [-0.4, -0.2) is 61.4 Å². The molecule has 1 fully saturated rings. The molecule has 260 valence electrons. The third-order valence-electron chi connectivity index (χ3n) is 9.91. The number of aromatic nitrogens is 2. The van der Waals surface area contributed by atoms with Crippen LogP contribution < -0.4 is 4.90 Å². The van der Waals surface area contributed by atoms with Crippen LogP contribution in [-0.2, 0) is 9.84 Å². The fourth-order valence-electron chi connectivity index (χ4n) is 7.67. The van der Waals surface area contributed by atoms with Gasteiger partial charge < -0.3 is 10.0 Å². The Morgan fingerprint density at radius 1 is 1.06 bits per heavy atom. The number of fused-ring (bicyclic) bond motifs is 2. The molecule has 49 heavy (non-hydrogen) atoms. The Kier molecular flexibility index (Phi) is 9.66. The number of hydrogen-bond donors (Lipinski definition) is 1. The lowest BCUT2D eigenvalue weighted by Crippen LogP contribution is -2.46. The Morgan fingerprint density at radius 3 is 2.29 bits per heavy atom. The number of β-amino-alcohol motifs (C(OH)–C–C–N with tert-alkyl or cyclic N) is 1. The largest absolute Gasteiger partial charge is 0.388 e. The molecule has 0 amide bonds. The molecule has 1 unspecified atom stereocenters. The van der Waals surface area contributed by atoms with Gasteiger partial charge in [0.1, 0.15) is 25.2 Å². The highest BCUT2D eigenvalue weighted by Gasteiger charge is 2.42. The molecule has 0 aliphatic carbocycles. The number of nitrogens with zero attached hydrogens (tertiary/aromatic N) is 4. The van der Waals surface area contributed by atoms with E-state index in [4.69, 9.17) is 0 Å². The van der Waals surface area contributed by atoms with Gasteiger partial charge in [0.25, 0.3) is 5.69 Å². The summed E-state index contributed by atoms with van der Waals surface area (Å²) in [6.07, 6.45) is 1.89. The van der Waals surface area contributed by atoms with Crippen LogP contribution in [0.4, 0.5) is 20.3 Å². The third-order valence-corrected chi connectivity index (χ3v) is 17.0. The normalized spacial score (nSPS) is 17.3. The standard InChI is InChI=1S/C36H42F2N4O5SSi/c1-21(2)49(22(3)4,23(5)6)18-15-25-28(37)14-13-24-11-9-12-26(30(24)25)31-29(42(44)45)19-27-33(32(31)38)39-35(48(8,46)47)40-34(27)41-17-10-16-36(7,43)20-41/h9,11-14,19,21-23,43H,10,16-17,20H2,1-8H3. The summed E-state index contributed by atoms with van der Waals surface area (Å²) in [4.78, 5) is 21.9. The van der Waals surface area contributed by atoms with Crippen LogP contribution in [0.3, 0.4) is 0 Å². The minimum absolute atomic E-state index is 0.0106. The van der Waals surface area contributed by atoms with E-state index >= 15 is 8.78 Å². The van der Waals surface area contributed by atoms with E-state index in [1.54, 1.807) is 24.0 Å². The van der Waals surface area contributed by atoms with E-state index in [1.165, 1.54) is 18.2 Å². The van der Waals surface area contributed by atoms with Gasteiger partial charge in [0.15, 0.2) is 5.82 Å². The van der Waals surface area contributed by atoms with Crippen LogP contribution in [0.15, 0.2) is 41.6 Å². The molecule has 5 rings (SSSR count). The van der Waals surface area contributed by atoms with Gasteiger partial charge in [-0.1, -0.05) is 71.7 Å². The van der Waals surface area contributed by atoms with E-state index in [-0.39, 0.29) is 50.9 Å². The summed E-state index contributed by atoms with van der Waals surface area (Å²) in [5, 5.41) is 23.5. The second kappa shape index (κ2) is 13.0. The SMILES string of the molecule is CC(C)[Si](C#Cc1c(F)ccc2cccc(-c3c([N+](=O)[O-])cc4c(N5CCCC(C)(O)C5)nc(S(C)(=O)=O)nc4c3F)c12)(C(C)C)C(C)C. The molecule has 0 bridgehead atoms. The van der Waals surface area contributed by atoms with Crippen LogP contribution >= 0.6 is 0 Å². The quantitative estimate of drug-likeness (QED) is 0.0674. The summed E-state index contributed by atoms with van der Waals surface area (Å²) in [5.74, 6) is 1.33. The van der Waals surface area contributed by atoms with Crippen LogP contribution in [0.1, 0.15) is 66.9 Å². The van der Waals surface area contributed by atoms with Crippen molar-refractivity contribution in [1.29, 1.82) is 0 Å². The minimum Gasteiger partial charge on any atom is -0.388 e. The van der Waals surface area contributed by atoms with E-state index in [2.05, 4.69) is 63.0 Å². The predicted molar refractivity (Wildman–Crippen MR) is 192 cm³/mol. The number of hydrogen-bond acceptors (Lipinski definition) is 8. The number of rotatable bonds is 7. The number of aliphatic hydroxyl groups is 1. The zero-order valence-corrected chi connectivity index (χ0v) is 30.9. The Balaban J connectivity index is 1.90. The highest BCUT2D eigenvalue weighted by atomic mass is 32.2. The van der Waals surface area contributed by atoms with E-state index in [0.717, 1.165) is 12.3 Å². The predicted octanol–water partition coefficient (Wildman–Crippen LogP) is 7.96. The molecular formula is C36H42F2N4O5SSi. The number of nitro groups is 1. The molecule has 9 nitrogen and oxygen atoms in total. The van der Waals surface area contributed by atoms with Crippen molar-refractivity contribution in [2.75, 3.05) is 24.2 Å². The lowest BCUT2D eigenvalue weighted by molar-refractivity contribution is -0.384. The van der Waals surface area contributed by atoms with Crippen molar-refractivity contribution < 1.29 is 27.2 Å². The monoisotopic (exact) mass is 708 g/mol. The van der Waals surface area contributed by atoms with Crippen molar-refractivity contribution in [3.8, 4) is 22.6 Å². The van der Waals surface area contributed by atoms with E-state index in [9.17, 15) is 23.6 Å². The van der Waals surface area contributed by atoms with Gasteiger partial charge in [0.05, 0.1) is 27.0 Å². The van der Waals surface area contributed by atoms with Crippen molar-refractivity contribution in [2.45, 2.75) is 88.7 Å². The van der Waals surface area contributed by atoms with Gasteiger partial charge >= 0.3 is 0 Å². The van der Waals surface area contributed by atoms with Crippen LogP contribution in [0, 0.1) is 33.2 Å². The molecule has 1 atom stereocenters. The molecular weight excluding hydrogens is 667 g/mol. The maximum Gasteiger partial charge on any atom is 0.281 e. The number of benzene rings is 3. The highest BCUT2D eigenvalue weighted by Crippen LogP contribution is 2.45. The van der Waals surface area contributed by atoms with Gasteiger partial charge in [-0.15, -0.1) is 5.54 Å². The van der Waals surface area contributed by atoms with Gasteiger partial charge in [-0.3, -0.25) is 10.1 Å². The molecule has 1 aliphatic heterocycles. The summed E-state index contributed by atoms with van der Waals surface area (Å²) in [6.45, 7) is 14.8. The van der Waals surface area contributed by atoms with Gasteiger partial charge in [0, 0.05) is 36.4 Å². The first-order valence-corrected chi connectivity index (χ1v) is 20.5. The summed E-state index contributed by atoms with van der Waals surface area (Å²) in [7, 11) is -6.43. The fraction of sp³-hybridized carbons (Fsp3) is 0.444. The molecule has 2 heterocycles. The molecule has 0 saturated carbocycles. The maximum atomic E-state index is 17.1. The molecule has 1 aliphatic rings. The van der Waals surface area contributed by atoms with Crippen LogP contribution in [0.5, 0.6) is 0 Å². The third kappa shape index (κ3) is 6.54. The van der Waals surface area contributed by atoms with Crippen molar-refractivity contribution in [3.63, 3.8) is 0 Å². The molecule has 0 radical (unpaired) electrons. The topological polar surface area (TPSA) is 127 Å². The lowest BCUT2D eigenvalue weighted by atomic mass is 9.92. The number of nitro benzene ring substituents is 1. The highest BCUT2D eigenvalue weighted by molar-refractivity contribution is 7.90. The molecule has 0 spiro atoms. The summed E-state index contributed by atoms with van der Waals surface area (Å²) < 4.78 is 58.5. The van der Waals surface area contributed by atoms with Gasteiger partial charge in [0.2, 0.25) is 15.0 Å². The number of anilines is 1. The van der Waals surface area contributed by atoms with Crippen LogP contribution in [0.25, 0.3) is 32.8 Å². The van der Waals surface area contributed by atoms with Gasteiger partial charge in [-0.25, -0.2) is 27.2 Å². The van der Waals surface area contributed by atoms with Crippen molar-refractivity contribution >= 4 is 51.1 Å². The first kappa shape index (κ1) is 36.3. The molecule has 3 aromatic carbocycles. The lowest BCUT2D eigenvalue weighted by Gasteiger charge is -2.38. The summed E-state index contributed by atoms with van der Waals surface area (Å²) in [5.41, 5.74) is 1.62. The van der Waals surface area contributed by atoms with Gasteiger partial charge in [-0.2, -0.15) is 0 Å². The molecule has 1 aromatic heterocycles. The zero-order chi connectivity index (χ0) is 36.2. The van der Waals surface area contributed by atoms with E-state index in [1.807, 2.05) is 0 Å². The maximum absolute atomic E-state index is 17.1. The fourth-order valence-corrected chi connectivity index (χ4v) is 13.4. The molecule has 4 aromatic rings. The summed E-state index contributed by atoms with van der Waals surface area (Å²) in [6, 6.07) is 8.72. The Hall–Kier alpha value is -3.99. The Morgan fingerprint density at radius 2 is 1.71 bits per heavy atom. The number of sulfone groups is 1. The Labute approximate surface area is 286 Å². The second-order valence-electron chi connectivity index (χ2n) is 14.3. The average molecular weight is 709 g/mol. The minimum atomic E-state index is -4.07. The van der Waals surface area contributed by atoms with E-state index < -0.39 is 62.0 Å². The zero-order valence-electron chi connectivity index (χ0n) is 29.1. The van der Waals surface area contributed by atoms with Crippen LogP contribution in [0.2, 0.25) is 16.6 Å². The second-order valence-corrected chi connectivity index (χ2v) is 21.8. The smallest absolute Gasteiger partial charge is 0.281 e. The molecule has 13 heteroatoms. The van der Waals surface area contributed by atoms with Gasteiger partial charge in [-0.05, 0) is 47.8 Å². The molecule has 1 N–H and O–H groups in total. The molecule has 1 saturated heterocycles. The van der Waals surface area contributed by atoms with Crippen molar-refractivity contribution in [2.24, 2.45) is 0 Å². The first-order valence-electron chi connectivity index (χ1n) is 16.4. The van der Waals surface area contributed by atoms with E-state index in [0.29, 0.717) is 24.8 Å². The first-order chi connectivity index (χ1) is 22.8. The number of halogens is 2. The van der Waals surface area contributed by atoms with Crippen molar-refractivity contribution in [1.82, 2.24) is 9.97 Å². The number of piperidine rings is 1. The van der Waals surface area contributed by atoms with Crippen molar-refractivity contribution in [3.05, 3.63) is 63.7 Å². The summed E-state index contributed by atoms with van der Waals surface area (Å²) >= 11 is 0. The Bertz CT molecular complexity index is 2140.